The number of aromatic nitrogens is 3. The minimum Gasteiger partial charge on any atom is -0.379 e. The number of rotatable bonds is 6. The molecular weight excluding hydrogens is 230 g/mol. The van der Waals surface area contributed by atoms with Crippen LogP contribution in [-0.2, 0) is 4.74 Å². The van der Waals surface area contributed by atoms with Gasteiger partial charge >= 0.3 is 0 Å². The van der Waals surface area contributed by atoms with Crippen molar-refractivity contribution in [3.05, 3.63) is 5.28 Å². The lowest BCUT2D eigenvalue weighted by molar-refractivity contribution is 0.118. The molecule has 16 heavy (non-hydrogen) atoms. The van der Waals surface area contributed by atoms with Crippen LogP contribution >= 0.6 is 11.6 Å². The lowest BCUT2D eigenvalue weighted by Gasteiger charge is -2.07. The van der Waals surface area contributed by atoms with Crippen molar-refractivity contribution in [2.75, 3.05) is 30.8 Å². The van der Waals surface area contributed by atoms with Gasteiger partial charge in [0, 0.05) is 13.2 Å². The van der Waals surface area contributed by atoms with Gasteiger partial charge in [-0.3, -0.25) is 0 Å². The van der Waals surface area contributed by atoms with Crippen molar-refractivity contribution in [1.82, 2.24) is 15.0 Å². The first-order valence-electron chi connectivity index (χ1n) is 5.06. The molecule has 0 saturated carbocycles. The number of nitrogen functional groups attached to an aromatic ring is 1. The fourth-order valence-corrected chi connectivity index (χ4v) is 1.17. The molecule has 0 aliphatic carbocycles. The minimum atomic E-state index is 0.0816. The van der Waals surface area contributed by atoms with Crippen LogP contribution in [0.1, 0.15) is 13.8 Å². The number of halogens is 1. The fraction of sp³-hybridized carbons (Fsp3) is 0.667. The van der Waals surface area contributed by atoms with Gasteiger partial charge in [0.2, 0.25) is 17.2 Å². The summed E-state index contributed by atoms with van der Waals surface area (Å²) in [6.07, 6.45) is 0. The van der Waals surface area contributed by atoms with E-state index in [1.807, 2.05) is 0 Å². The first kappa shape index (κ1) is 12.9. The van der Waals surface area contributed by atoms with E-state index in [-0.39, 0.29) is 11.2 Å². The molecule has 0 aliphatic heterocycles. The highest BCUT2D eigenvalue weighted by Gasteiger charge is 2.01. The number of nitrogens with zero attached hydrogens (tertiary/aromatic N) is 3. The zero-order valence-electron chi connectivity index (χ0n) is 9.40. The molecule has 1 rings (SSSR count). The summed E-state index contributed by atoms with van der Waals surface area (Å²) in [6.45, 7) is 6.12. The lowest BCUT2D eigenvalue weighted by atomic mass is 10.2. The number of hydrogen-bond donors (Lipinski definition) is 2. The zero-order chi connectivity index (χ0) is 12.0. The summed E-state index contributed by atoms with van der Waals surface area (Å²) >= 11 is 5.62. The lowest BCUT2D eigenvalue weighted by Crippen LogP contribution is -2.14. The largest absolute Gasteiger partial charge is 0.379 e. The van der Waals surface area contributed by atoms with Gasteiger partial charge in [0.15, 0.2) is 0 Å². The normalized spacial score (nSPS) is 10.8. The summed E-state index contributed by atoms with van der Waals surface area (Å²) in [5.41, 5.74) is 5.41. The van der Waals surface area contributed by atoms with Gasteiger partial charge in [0.1, 0.15) is 0 Å². The summed E-state index contributed by atoms with van der Waals surface area (Å²) < 4.78 is 5.38. The number of anilines is 2. The van der Waals surface area contributed by atoms with E-state index in [2.05, 4.69) is 34.1 Å². The smallest absolute Gasteiger partial charge is 0.228 e. The van der Waals surface area contributed by atoms with E-state index in [4.69, 9.17) is 22.1 Å². The predicted octanol–water partition coefficient (Wildman–Crippen LogP) is 1.19. The van der Waals surface area contributed by atoms with Crippen molar-refractivity contribution in [2.24, 2.45) is 5.92 Å². The van der Waals surface area contributed by atoms with Crippen molar-refractivity contribution >= 4 is 23.5 Å². The molecule has 1 heterocycles. The molecule has 0 aromatic carbocycles. The molecule has 90 valence electrons. The van der Waals surface area contributed by atoms with E-state index >= 15 is 0 Å². The maximum absolute atomic E-state index is 5.62. The molecule has 0 aliphatic rings. The van der Waals surface area contributed by atoms with Gasteiger partial charge in [0.05, 0.1) is 6.61 Å². The first-order chi connectivity index (χ1) is 7.58. The van der Waals surface area contributed by atoms with Crippen LogP contribution in [-0.4, -0.2) is 34.7 Å². The van der Waals surface area contributed by atoms with Crippen LogP contribution in [0.3, 0.4) is 0 Å². The zero-order valence-corrected chi connectivity index (χ0v) is 10.2. The van der Waals surface area contributed by atoms with Crippen LogP contribution < -0.4 is 11.1 Å². The van der Waals surface area contributed by atoms with Crippen LogP contribution in [0, 0.1) is 5.92 Å². The van der Waals surface area contributed by atoms with E-state index in [1.165, 1.54) is 0 Å². The van der Waals surface area contributed by atoms with Gasteiger partial charge < -0.3 is 15.8 Å². The molecule has 0 bridgehead atoms. The Labute approximate surface area is 99.6 Å². The Bertz CT molecular complexity index is 313. The second-order valence-corrected chi connectivity index (χ2v) is 4.02. The maximum atomic E-state index is 5.62. The molecule has 1 aromatic rings. The Morgan fingerprint density at radius 3 is 2.75 bits per heavy atom. The van der Waals surface area contributed by atoms with Gasteiger partial charge in [-0.05, 0) is 17.5 Å². The highest BCUT2D eigenvalue weighted by atomic mass is 35.5. The van der Waals surface area contributed by atoms with Crippen molar-refractivity contribution < 1.29 is 4.74 Å². The van der Waals surface area contributed by atoms with Gasteiger partial charge in [-0.25, -0.2) is 0 Å². The van der Waals surface area contributed by atoms with Gasteiger partial charge in [-0.15, -0.1) is 0 Å². The van der Waals surface area contributed by atoms with E-state index in [1.54, 1.807) is 0 Å². The van der Waals surface area contributed by atoms with E-state index in [9.17, 15) is 0 Å². The average Bonchev–Trinajstić information content (AvgIpc) is 2.15. The van der Waals surface area contributed by atoms with Gasteiger partial charge in [-0.2, -0.15) is 15.0 Å². The molecule has 1 aromatic heterocycles. The van der Waals surface area contributed by atoms with Crippen molar-refractivity contribution in [3.8, 4) is 0 Å². The molecule has 7 heteroatoms. The fourth-order valence-electron chi connectivity index (χ4n) is 0.999. The highest BCUT2D eigenvalue weighted by molar-refractivity contribution is 6.28. The van der Waals surface area contributed by atoms with Crippen LogP contribution in [0.25, 0.3) is 0 Å². The molecule has 0 unspecified atom stereocenters. The Kier molecular flexibility index (Phi) is 5.21. The van der Waals surface area contributed by atoms with Crippen LogP contribution in [0.2, 0.25) is 5.28 Å². The number of ether oxygens (including phenoxy) is 1. The number of nitrogens with two attached hydrogens (primary N) is 1. The standard InChI is InChI=1S/C9H16ClN5O/c1-6(2)5-16-4-3-12-9-14-7(10)13-8(11)15-9/h6H,3-5H2,1-2H3,(H3,11,12,13,14,15). The summed E-state index contributed by atoms with van der Waals surface area (Å²) in [5, 5.41) is 3.03. The van der Waals surface area contributed by atoms with Crippen molar-refractivity contribution in [1.29, 1.82) is 0 Å². The molecule has 0 spiro atoms. The third-order valence-corrected chi connectivity index (χ3v) is 1.78. The van der Waals surface area contributed by atoms with Gasteiger partial charge in [0.25, 0.3) is 0 Å². The minimum absolute atomic E-state index is 0.0816. The van der Waals surface area contributed by atoms with Crippen LogP contribution in [0.4, 0.5) is 11.9 Å². The average molecular weight is 246 g/mol. The van der Waals surface area contributed by atoms with Gasteiger partial charge in [-0.1, -0.05) is 13.8 Å². The summed E-state index contributed by atoms with van der Waals surface area (Å²) in [7, 11) is 0. The van der Waals surface area contributed by atoms with Crippen molar-refractivity contribution in [3.63, 3.8) is 0 Å². The predicted molar refractivity (Wildman–Crippen MR) is 63.4 cm³/mol. The summed E-state index contributed by atoms with van der Waals surface area (Å²) in [6, 6.07) is 0. The maximum Gasteiger partial charge on any atom is 0.228 e. The van der Waals surface area contributed by atoms with E-state index in [0.29, 0.717) is 25.0 Å². The molecule has 3 N–H and O–H groups in total. The molecule has 0 atom stereocenters. The molecule has 0 radical (unpaired) electrons. The highest BCUT2D eigenvalue weighted by Crippen LogP contribution is 2.06. The molecular formula is C9H16ClN5O. The van der Waals surface area contributed by atoms with Crippen LogP contribution in [0.5, 0.6) is 0 Å². The Morgan fingerprint density at radius 1 is 1.38 bits per heavy atom. The molecule has 6 nitrogen and oxygen atoms in total. The summed E-state index contributed by atoms with van der Waals surface area (Å²) in [5.74, 6) is 0.999. The second-order valence-electron chi connectivity index (χ2n) is 3.68. The second kappa shape index (κ2) is 6.44. The topological polar surface area (TPSA) is 86.0 Å². The molecule has 0 fully saturated rings. The molecule has 0 amide bonds. The van der Waals surface area contributed by atoms with E-state index in [0.717, 1.165) is 6.61 Å². The Hall–Kier alpha value is -1.14. The SMILES string of the molecule is CC(C)COCCNc1nc(N)nc(Cl)n1. The number of nitrogens with one attached hydrogen (secondary N) is 1. The number of hydrogen-bond acceptors (Lipinski definition) is 6. The van der Waals surface area contributed by atoms with E-state index < -0.39 is 0 Å². The Balaban J connectivity index is 2.26. The summed E-state index contributed by atoms with van der Waals surface area (Å²) in [4.78, 5) is 11.4. The molecule has 0 saturated heterocycles. The van der Waals surface area contributed by atoms with Crippen molar-refractivity contribution in [2.45, 2.75) is 13.8 Å². The third-order valence-electron chi connectivity index (χ3n) is 1.61. The third kappa shape index (κ3) is 5.09. The first-order valence-corrected chi connectivity index (χ1v) is 5.44. The quantitative estimate of drug-likeness (QED) is 0.733. The van der Waals surface area contributed by atoms with Crippen LogP contribution in [0.15, 0.2) is 0 Å². The monoisotopic (exact) mass is 245 g/mol. The Morgan fingerprint density at radius 2 is 2.12 bits per heavy atom.